The minimum Gasteiger partial charge on any atom is -0.321 e. The Balaban J connectivity index is 1.56. The van der Waals surface area contributed by atoms with Crippen molar-refractivity contribution in [2.24, 2.45) is 0 Å². The average molecular weight is 517 g/mol. The summed E-state index contributed by atoms with van der Waals surface area (Å²) in [6, 6.07) is 30.1. The highest BCUT2D eigenvalue weighted by atomic mass is 35.5. The first-order chi connectivity index (χ1) is 17.5. The van der Waals surface area contributed by atoms with Gasteiger partial charge in [-0.05, 0) is 54.1 Å². The van der Waals surface area contributed by atoms with Crippen LogP contribution in [0.1, 0.15) is 21.5 Å². The van der Waals surface area contributed by atoms with Crippen molar-refractivity contribution in [3.63, 3.8) is 0 Å². The van der Waals surface area contributed by atoms with Crippen molar-refractivity contribution >= 4 is 46.9 Å². The molecule has 0 unspecified atom stereocenters. The molecule has 0 spiro atoms. The molecule has 0 heterocycles. The maximum Gasteiger partial charge on any atom is 0.272 e. The molecule has 0 saturated heterocycles. The molecule has 0 aliphatic carbocycles. The molecule has 0 aliphatic rings. The third-order valence-corrected chi connectivity index (χ3v) is 6.55. The molecule has 180 valence electrons. The number of nitrogens with one attached hydrogen (secondary N) is 2. The molecule has 0 saturated carbocycles. The SMILES string of the molecule is O=C(Nc1cccc(SCc2ccccc2)c1)/C(=C/c1c(F)cccc1Cl)NC(=O)c1ccccc1. The lowest BCUT2D eigenvalue weighted by Gasteiger charge is -2.13. The molecule has 0 aromatic heterocycles. The Labute approximate surface area is 218 Å². The molecule has 4 rings (SSSR count). The first-order valence-electron chi connectivity index (χ1n) is 11.1. The molecule has 4 nitrogen and oxygen atoms in total. The highest BCUT2D eigenvalue weighted by Crippen LogP contribution is 2.26. The monoisotopic (exact) mass is 516 g/mol. The second-order valence-electron chi connectivity index (χ2n) is 7.77. The first kappa shape index (κ1) is 25.2. The van der Waals surface area contributed by atoms with Crippen molar-refractivity contribution < 1.29 is 14.0 Å². The van der Waals surface area contributed by atoms with Crippen LogP contribution in [0.3, 0.4) is 0 Å². The van der Waals surface area contributed by atoms with Gasteiger partial charge in [0.25, 0.3) is 11.8 Å². The number of carbonyl (C=O) groups is 2. The van der Waals surface area contributed by atoms with Gasteiger partial charge in [0.05, 0.1) is 5.02 Å². The summed E-state index contributed by atoms with van der Waals surface area (Å²) in [5.74, 6) is -0.941. The lowest BCUT2D eigenvalue weighted by molar-refractivity contribution is -0.113. The number of hydrogen-bond acceptors (Lipinski definition) is 3. The fourth-order valence-electron chi connectivity index (χ4n) is 3.34. The van der Waals surface area contributed by atoms with Crippen molar-refractivity contribution in [2.75, 3.05) is 5.32 Å². The van der Waals surface area contributed by atoms with E-state index in [2.05, 4.69) is 22.8 Å². The molecular weight excluding hydrogens is 495 g/mol. The van der Waals surface area contributed by atoms with Crippen LogP contribution in [-0.2, 0) is 10.5 Å². The third-order valence-electron chi connectivity index (χ3n) is 5.16. The van der Waals surface area contributed by atoms with Gasteiger partial charge in [0.2, 0.25) is 0 Å². The highest BCUT2D eigenvalue weighted by Gasteiger charge is 2.17. The van der Waals surface area contributed by atoms with E-state index < -0.39 is 17.6 Å². The van der Waals surface area contributed by atoms with Crippen LogP contribution in [0.2, 0.25) is 5.02 Å². The summed E-state index contributed by atoms with van der Waals surface area (Å²) in [7, 11) is 0. The minimum atomic E-state index is -0.610. The molecule has 7 heteroatoms. The predicted molar refractivity (Wildman–Crippen MR) is 144 cm³/mol. The number of hydrogen-bond donors (Lipinski definition) is 2. The summed E-state index contributed by atoms with van der Waals surface area (Å²) in [6.07, 6.45) is 1.24. The number of carbonyl (C=O) groups excluding carboxylic acids is 2. The summed E-state index contributed by atoms with van der Waals surface area (Å²) < 4.78 is 14.5. The first-order valence-corrected chi connectivity index (χ1v) is 12.5. The molecule has 2 amide bonds. The summed E-state index contributed by atoms with van der Waals surface area (Å²) in [5.41, 5.74) is 1.95. The molecule has 36 heavy (non-hydrogen) atoms. The van der Waals surface area contributed by atoms with Crippen LogP contribution in [-0.4, -0.2) is 11.8 Å². The van der Waals surface area contributed by atoms with Gasteiger partial charge in [-0.25, -0.2) is 4.39 Å². The molecule has 0 atom stereocenters. The van der Waals surface area contributed by atoms with E-state index in [4.69, 9.17) is 11.6 Å². The van der Waals surface area contributed by atoms with E-state index in [1.54, 1.807) is 48.2 Å². The molecular formula is C29H22ClFN2O2S. The topological polar surface area (TPSA) is 58.2 Å². The number of halogens is 2. The standard InChI is InChI=1S/C29H22ClFN2O2S/c30-25-15-8-16-26(31)24(25)18-27(33-28(34)21-11-5-2-6-12-21)29(35)32-22-13-7-14-23(17-22)36-19-20-9-3-1-4-10-20/h1-18H,19H2,(H,32,35)(H,33,34)/b27-18-. The smallest absolute Gasteiger partial charge is 0.272 e. The van der Waals surface area contributed by atoms with E-state index in [1.165, 1.54) is 29.8 Å². The van der Waals surface area contributed by atoms with Crippen LogP contribution in [0.4, 0.5) is 10.1 Å². The largest absolute Gasteiger partial charge is 0.321 e. The summed E-state index contributed by atoms with van der Waals surface area (Å²) in [6.45, 7) is 0. The Kier molecular flexibility index (Phi) is 8.55. The normalized spacial score (nSPS) is 11.1. The summed E-state index contributed by atoms with van der Waals surface area (Å²) >= 11 is 7.80. The van der Waals surface area contributed by atoms with Crippen LogP contribution in [0.5, 0.6) is 0 Å². The molecule has 0 aliphatic heterocycles. The van der Waals surface area contributed by atoms with Crippen LogP contribution < -0.4 is 10.6 Å². The maximum absolute atomic E-state index is 14.5. The Morgan fingerprint density at radius 2 is 1.56 bits per heavy atom. The Morgan fingerprint density at radius 3 is 2.28 bits per heavy atom. The number of anilines is 1. The zero-order valence-corrected chi connectivity index (χ0v) is 20.7. The van der Waals surface area contributed by atoms with Gasteiger partial charge in [0.15, 0.2) is 0 Å². The fraction of sp³-hybridized carbons (Fsp3) is 0.0345. The number of amides is 2. The van der Waals surface area contributed by atoms with Gasteiger partial charge in [-0.15, -0.1) is 11.8 Å². The minimum absolute atomic E-state index is 0.00449. The number of benzene rings is 4. The van der Waals surface area contributed by atoms with Gasteiger partial charge < -0.3 is 10.6 Å². The molecule has 0 radical (unpaired) electrons. The Bertz CT molecular complexity index is 1370. The summed E-state index contributed by atoms with van der Waals surface area (Å²) in [4.78, 5) is 27.0. The molecule has 2 N–H and O–H groups in total. The number of thioether (sulfide) groups is 1. The zero-order chi connectivity index (χ0) is 25.3. The van der Waals surface area contributed by atoms with Gasteiger partial charge >= 0.3 is 0 Å². The van der Waals surface area contributed by atoms with E-state index in [-0.39, 0.29) is 16.3 Å². The number of rotatable bonds is 8. The maximum atomic E-state index is 14.5. The van der Waals surface area contributed by atoms with Gasteiger partial charge in [-0.1, -0.05) is 72.3 Å². The molecule has 4 aromatic carbocycles. The van der Waals surface area contributed by atoms with E-state index in [9.17, 15) is 14.0 Å². The van der Waals surface area contributed by atoms with Gasteiger partial charge in [0.1, 0.15) is 11.5 Å². The summed E-state index contributed by atoms with van der Waals surface area (Å²) in [5, 5.41) is 5.51. The molecule has 0 fully saturated rings. The highest BCUT2D eigenvalue weighted by molar-refractivity contribution is 7.98. The fourth-order valence-corrected chi connectivity index (χ4v) is 4.47. The van der Waals surface area contributed by atoms with Crippen LogP contribution >= 0.6 is 23.4 Å². The molecule has 4 aromatic rings. The van der Waals surface area contributed by atoms with Crippen molar-refractivity contribution in [1.82, 2.24) is 5.32 Å². The van der Waals surface area contributed by atoms with Crippen molar-refractivity contribution in [2.45, 2.75) is 10.6 Å². The second-order valence-corrected chi connectivity index (χ2v) is 9.23. The van der Waals surface area contributed by atoms with Crippen molar-refractivity contribution in [3.05, 3.63) is 136 Å². The van der Waals surface area contributed by atoms with E-state index in [0.717, 1.165) is 10.6 Å². The van der Waals surface area contributed by atoms with Crippen molar-refractivity contribution in [1.29, 1.82) is 0 Å². The van der Waals surface area contributed by atoms with Crippen molar-refractivity contribution in [3.8, 4) is 0 Å². The zero-order valence-electron chi connectivity index (χ0n) is 19.1. The second kappa shape index (κ2) is 12.2. The lowest BCUT2D eigenvalue weighted by atomic mass is 10.1. The van der Waals surface area contributed by atoms with Crippen LogP contribution in [0.25, 0.3) is 6.08 Å². The van der Waals surface area contributed by atoms with Crippen LogP contribution in [0, 0.1) is 5.82 Å². The average Bonchev–Trinajstić information content (AvgIpc) is 2.90. The third kappa shape index (κ3) is 6.84. The van der Waals surface area contributed by atoms with Gasteiger partial charge in [-0.3, -0.25) is 9.59 Å². The Hall–Kier alpha value is -3.87. The van der Waals surface area contributed by atoms with E-state index in [0.29, 0.717) is 11.3 Å². The Morgan fingerprint density at radius 1 is 0.861 bits per heavy atom. The lowest BCUT2D eigenvalue weighted by Crippen LogP contribution is -2.30. The van der Waals surface area contributed by atoms with E-state index >= 15 is 0 Å². The van der Waals surface area contributed by atoms with Gasteiger partial charge in [0, 0.05) is 27.5 Å². The van der Waals surface area contributed by atoms with E-state index in [1.807, 2.05) is 36.4 Å². The predicted octanol–water partition coefficient (Wildman–Crippen LogP) is 7.18. The van der Waals surface area contributed by atoms with Gasteiger partial charge in [-0.2, -0.15) is 0 Å². The van der Waals surface area contributed by atoms with Crippen LogP contribution in [0.15, 0.2) is 114 Å². The quantitative estimate of drug-likeness (QED) is 0.192. The molecule has 0 bridgehead atoms.